The third-order valence-electron chi connectivity index (χ3n) is 3.63. The monoisotopic (exact) mass is 317 g/mol. The fourth-order valence-corrected chi connectivity index (χ4v) is 4.08. The van der Waals surface area contributed by atoms with Crippen LogP contribution in [0.15, 0.2) is 23.1 Å². The number of hydrogen-bond donors (Lipinski definition) is 1. The van der Waals surface area contributed by atoms with Gasteiger partial charge in [-0.3, -0.25) is 0 Å². The van der Waals surface area contributed by atoms with Gasteiger partial charge in [0.1, 0.15) is 0 Å². The van der Waals surface area contributed by atoms with Crippen molar-refractivity contribution >= 4 is 27.6 Å². The van der Waals surface area contributed by atoms with Crippen molar-refractivity contribution in [1.29, 1.82) is 0 Å². The first-order valence-corrected chi connectivity index (χ1v) is 8.21. The van der Waals surface area contributed by atoms with Gasteiger partial charge in [0, 0.05) is 13.1 Å². The van der Waals surface area contributed by atoms with Gasteiger partial charge in [-0.1, -0.05) is 24.9 Å². The molecular formula is C13H16ClNO4S. The van der Waals surface area contributed by atoms with E-state index < -0.39 is 16.0 Å². The zero-order chi connectivity index (χ0) is 14.9. The largest absolute Gasteiger partial charge is 0.478 e. The minimum absolute atomic E-state index is 0.0175. The zero-order valence-electron chi connectivity index (χ0n) is 11.0. The minimum atomic E-state index is -3.64. The molecule has 1 atom stereocenters. The average molecular weight is 318 g/mol. The van der Waals surface area contributed by atoms with E-state index in [4.69, 9.17) is 16.7 Å². The lowest BCUT2D eigenvalue weighted by Crippen LogP contribution is -2.29. The molecule has 1 fully saturated rings. The Morgan fingerprint density at radius 1 is 1.50 bits per heavy atom. The van der Waals surface area contributed by atoms with Gasteiger partial charge in [-0.05, 0) is 30.5 Å². The van der Waals surface area contributed by atoms with Crippen molar-refractivity contribution in [3.05, 3.63) is 28.8 Å². The summed E-state index contributed by atoms with van der Waals surface area (Å²) in [6, 6.07) is 3.79. The standard InChI is InChI=1S/C13H16ClNO4S/c1-2-9-5-6-15(8-9)20(18,19)10-3-4-12(14)11(7-10)13(16)17/h3-4,7,9H,2,5-6,8H2,1H3,(H,16,17). The van der Waals surface area contributed by atoms with Gasteiger partial charge in [0.15, 0.2) is 0 Å². The van der Waals surface area contributed by atoms with Crippen LogP contribution in [0.1, 0.15) is 30.1 Å². The van der Waals surface area contributed by atoms with Crippen LogP contribution in [0.5, 0.6) is 0 Å². The lowest BCUT2D eigenvalue weighted by molar-refractivity contribution is 0.0697. The highest BCUT2D eigenvalue weighted by atomic mass is 35.5. The maximum Gasteiger partial charge on any atom is 0.337 e. The number of sulfonamides is 1. The number of benzene rings is 1. The van der Waals surface area contributed by atoms with Crippen LogP contribution in [-0.4, -0.2) is 36.9 Å². The minimum Gasteiger partial charge on any atom is -0.478 e. The van der Waals surface area contributed by atoms with Crippen LogP contribution in [0.2, 0.25) is 5.02 Å². The van der Waals surface area contributed by atoms with Crippen LogP contribution in [0.3, 0.4) is 0 Å². The van der Waals surface area contributed by atoms with Crippen molar-refractivity contribution in [3.8, 4) is 0 Å². The van der Waals surface area contributed by atoms with Crippen LogP contribution < -0.4 is 0 Å². The summed E-state index contributed by atoms with van der Waals surface area (Å²) in [6.45, 7) is 3.00. The third-order valence-corrected chi connectivity index (χ3v) is 5.82. The summed E-state index contributed by atoms with van der Waals surface area (Å²) in [6.07, 6.45) is 1.78. The normalized spacial score (nSPS) is 20.2. The Morgan fingerprint density at radius 3 is 2.75 bits per heavy atom. The molecule has 0 bridgehead atoms. The highest BCUT2D eigenvalue weighted by Gasteiger charge is 2.32. The Morgan fingerprint density at radius 2 is 2.20 bits per heavy atom. The van der Waals surface area contributed by atoms with Crippen molar-refractivity contribution in [3.63, 3.8) is 0 Å². The fourth-order valence-electron chi connectivity index (χ4n) is 2.33. The number of rotatable bonds is 4. The van der Waals surface area contributed by atoms with Gasteiger partial charge in [0.25, 0.3) is 0 Å². The molecule has 1 heterocycles. The molecule has 2 rings (SSSR count). The molecule has 0 spiro atoms. The molecule has 0 radical (unpaired) electrons. The van der Waals surface area contributed by atoms with Gasteiger partial charge in [0.2, 0.25) is 10.0 Å². The summed E-state index contributed by atoms with van der Waals surface area (Å²) in [5.74, 6) is -0.865. The van der Waals surface area contributed by atoms with E-state index in [1.807, 2.05) is 6.92 Å². The second kappa shape index (κ2) is 5.71. The Labute approximate surface area is 123 Å². The molecule has 1 unspecified atom stereocenters. The van der Waals surface area contributed by atoms with E-state index in [-0.39, 0.29) is 15.5 Å². The van der Waals surface area contributed by atoms with E-state index in [9.17, 15) is 13.2 Å². The maximum atomic E-state index is 12.5. The Kier molecular flexibility index (Phi) is 4.36. The predicted octanol–water partition coefficient (Wildman–Crippen LogP) is 2.46. The second-order valence-corrected chi connectivity index (χ2v) is 7.22. The number of carbonyl (C=O) groups is 1. The lowest BCUT2D eigenvalue weighted by atomic mass is 10.1. The van der Waals surface area contributed by atoms with E-state index in [0.29, 0.717) is 19.0 Å². The smallest absolute Gasteiger partial charge is 0.337 e. The first-order valence-electron chi connectivity index (χ1n) is 6.39. The summed E-state index contributed by atoms with van der Waals surface area (Å²) in [5, 5.41) is 9.04. The number of carboxylic acid groups (broad SMARTS) is 1. The van der Waals surface area contributed by atoms with E-state index in [1.54, 1.807) is 0 Å². The highest BCUT2D eigenvalue weighted by Crippen LogP contribution is 2.28. The summed E-state index contributed by atoms with van der Waals surface area (Å²) < 4.78 is 26.4. The van der Waals surface area contributed by atoms with Gasteiger partial charge >= 0.3 is 5.97 Å². The Balaban J connectivity index is 2.35. The van der Waals surface area contributed by atoms with Gasteiger partial charge in [0.05, 0.1) is 15.5 Å². The molecule has 1 aliphatic heterocycles. The molecule has 1 aliphatic rings. The summed E-state index contributed by atoms with van der Waals surface area (Å²) >= 11 is 5.76. The zero-order valence-corrected chi connectivity index (χ0v) is 12.6. The molecule has 110 valence electrons. The topological polar surface area (TPSA) is 74.7 Å². The van der Waals surface area contributed by atoms with E-state index in [0.717, 1.165) is 18.9 Å². The second-order valence-electron chi connectivity index (χ2n) is 4.87. The molecular weight excluding hydrogens is 302 g/mol. The van der Waals surface area contributed by atoms with Crippen LogP contribution in [0.25, 0.3) is 0 Å². The van der Waals surface area contributed by atoms with E-state index >= 15 is 0 Å². The van der Waals surface area contributed by atoms with Crippen LogP contribution in [-0.2, 0) is 10.0 Å². The lowest BCUT2D eigenvalue weighted by Gasteiger charge is -2.17. The maximum absolute atomic E-state index is 12.5. The number of nitrogens with zero attached hydrogens (tertiary/aromatic N) is 1. The first-order chi connectivity index (χ1) is 9.36. The first kappa shape index (κ1) is 15.3. The third kappa shape index (κ3) is 2.82. The SMILES string of the molecule is CCC1CCN(S(=O)(=O)c2ccc(Cl)c(C(=O)O)c2)C1. The number of halogens is 1. The molecule has 20 heavy (non-hydrogen) atoms. The molecule has 1 aromatic carbocycles. The average Bonchev–Trinajstić information content (AvgIpc) is 2.88. The van der Waals surface area contributed by atoms with Crippen LogP contribution >= 0.6 is 11.6 Å². The highest BCUT2D eigenvalue weighted by molar-refractivity contribution is 7.89. The fraction of sp³-hybridized carbons (Fsp3) is 0.462. The van der Waals surface area contributed by atoms with Gasteiger partial charge in [-0.15, -0.1) is 0 Å². The Bertz CT molecular complexity index is 629. The Hall–Kier alpha value is -1.11. The molecule has 1 aromatic rings. The van der Waals surface area contributed by atoms with Gasteiger partial charge in [-0.25, -0.2) is 13.2 Å². The molecule has 0 aromatic heterocycles. The summed E-state index contributed by atoms with van der Waals surface area (Å²) in [7, 11) is -3.64. The van der Waals surface area contributed by atoms with Crippen molar-refractivity contribution in [2.45, 2.75) is 24.7 Å². The number of aromatic carboxylic acids is 1. The van der Waals surface area contributed by atoms with E-state index in [2.05, 4.69) is 0 Å². The molecule has 0 saturated carbocycles. The molecule has 5 nitrogen and oxygen atoms in total. The van der Waals surface area contributed by atoms with Crippen molar-refractivity contribution in [2.24, 2.45) is 5.92 Å². The van der Waals surface area contributed by atoms with Crippen LogP contribution in [0, 0.1) is 5.92 Å². The summed E-state index contributed by atoms with van der Waals surface area (Å²) in [4.78, 5) is 11.0. The van der Waals surface area contributed by atoms with Crippen molar-refractivity contribution in [1.82, 2.24) is 4.31 Å². The van der Waals surface area contributed by atoms with E-state index in [1.165, 1.54) is 16.4 Å². The summed E-state index contributed by atoms with van der Waals surface area (Å²) in [5.41, 5.74) is -0.195. The van der Waals surface area contributed by atoms with Crippen LogP contribution in [0.4, 0.5) is 0 Å². The number of hydrogen-bond acceptors (Lipinski definition) is 3. The molecule has 1 saturated heterocycles. The van der Waals surface area contributed by atoms with Gasteiger partial charge < -0.3 is 5.11 Å². The van der Waals surface area contributed by atoms with Gasteiger partial charge in [-0.2, -0.15) is 4.31 Å². The molecule has 0 amide bonds. The van der Waals surface area contributed by atoms with Crippen molar-refractivity contribution < 1.29 is 18.3 Å². The quantitative estimate of drug-likeness (QED) is 0.925. The molecule has 0 aliphatic carbocycles. The predicted molar refractivity (Wildman–Crippen MR) is 75.6 cm³/mol. The number of carboxylic acids is 1. The van der Waals surface area contributed by atoms with Crippen molar-refractivity contribution in [2.75, 3.05) is 13.1 Å². The molecule has 1 N–H and O–H groups in total. The molecule has 7 heteroatoms.